The molecule has 0 radical (unpaired) electrons. The summed E-state index contributed by atoms with van der Waals surface area (Å²) in [4.78, 5) is 28.1. The molecular weight excluding hydrogens is 527 g/mol. The minimum Gasteiger partial charge on any atom is -0.456 e. The molecule has 0 amide bonds. The Hall–Kier alpha value is -3.60. The number of nitrogen functional groups attached to an aromatic ring is 1. The first-order valence-electron chi connectivity index (χ1n) is 12.3. The molecule has 2 N–H and O–H groups in total. The van der Waals surface area contributed by atoms with Gasteiger partial charge < -0.3 is 19.9 Å². The summed E-state index contributed by atoms with van der Waals surface area (Å²) in [5, 5.41) is 4.26. The summed E-state index contributed by atoms with van der Waals surface area (Å²) in [5.41, 5.74) is 6.66. The predicted octanol–water partition coefficient (Wildman–Crippen LogP) is 3.84. The number of aromatic nitrogens is 3. The van der Waals surface area contributed by atoms with Crippen LogP contribution in [0.15, 0.2) is 42.7 Å². The molecule has 12 nitrogen and oxygen atoms in total. The highest BCUT2D eigenvalue weighted by molar-refractivity contribution is 7.33. The molecule has 1 aromatic carbocycles. The van der Waals surface area contributed by atoms with Crippen molar-refractivity contribution in [3.8, 4) is 5.75 Å². The molecule has 0 bridgehead atoms. The molecular formula is C26H32N4O8P+. The van der Waals surface area contributed by atoms with E-state index in [2.05, 4.69) is 30.9 Å². The number of rotatable bonds is 8. The number of nitrogens with zero attached hydrogens (tertiary/aromatic N) is 3. The van der Waals surface area contributed by atoms with Crippen LogP contribution in [0.3, 0.4) is 0 Å². The quantitative estimate of drug-likeness (QED) is 0.316. The summed E-state index contributed by atoms with van der Waals surface area (Å²) in [6, 6.07) is 10.6. The fraction of sp³-hybridized carbons (Fsp3) is 0.462. The Morgan fingerprint density at radius 2 is 1.77 bits per heavy atom. The van der Waals surface area contributed by atoms with Crippen LogP contribution in [0.5, 0.6) is 5.75 Å². The van der Waals surface area contributed by atoms with Crippen LogP contribution in [0.4, 0.5) is 5.82 Å². The minimum absolute atomic E-state index is 0.0447. The second-order valence-corrected chi connectivity index (χ2v) is 11.3. The lowest BCUT2D eigenvalue weighted by atomic mass is 9.87. The average Bonchev–Trinajstić information content (AvgIpc) is 3.39. The highest BCUT2D eigenvalue weighted by Gasteiger charge is 2.59. The fourth-order valence-corrected chi connectivity index (χ4v) is 5.19. The molecule has 3 heterocycles. The monoisotopic (exact) mass is 559 g/mol. The molecule has 3 aromatic rings. The van der Waals surface area contributed by atoms with E-state index in [1.165, 1.54) is 24.7 Å². The lowest BCUT2D eigenvalue weighted by Crippen LogP contribution is -2.44. The molecule has 1 aliphatic heterocycles. The summed E-state index contributed by atoms with van der Waals surface area (Å²) in [5.74, 6) is -0.631. The van der Waals surface area contributed by atoms with Gasteiger partial charge in [0.25, 0.3) is 0 Å². The largest absolute Gasteiger partial charge is 0.750 e. The molecule has 1 unspecified atom stereocenters. The van der Waals surface area contributed by atoms with Gasteiger partial charge in [-0.3, -0.25) is 9.59 Å². The second kappa shape index (κ2) is 10.9. The van der Waals surface area contributed by atoms with Gasteiger partial charge in [-0.25, -0.2) is 14.0 Å². The van der Waals surface area contributed by atoms with E-state index >= 15 is 0 Å². The third kappa shape index (κ3) is 6.03. The smallest absolute Gasteiger partial charge is 0.456 e. The van der Waals surface area contributed by atoms with E-state index in [9.17, 15) is 14.2 Å². The lowest BCUT2D eigenvalue weighted by molar-refractivity contribution is -0.168. The van der Waals surface area contributed by atoms with Crippen molar-refractivity contribution in [3.63, 3.8) is 0 Å². The Kier molecular flexibility index (Phi) is 7.92. The van der Waals surface area contributed by atoms with Gasteiger partial charge in [-0.05, 0) is 42.2 Å². The number of hydrogen-bond donors (Lipinski definition) is 1. The SMILES string of the molecule is CC(=O)O[C@H]1[C@@H](OC(C)=O)[C@](C)(c2ccc3c(N)ncnn23)O[C@@H]1CO[P+](=O)Oc1ccc(C(C)(C)C)cc1. The first-order chi connectivity index (χ1) is 18.3. The Bertz CT molecular complexity index is 1390. The van der Waals surface area contributed by atoms with E-state index in [4.69, 9.17) is 29.0 Å². The van der Waals surface area contributed by atoms with E-state index in [1.807, 2.05) is 12.1 Å². The number of benzene rings is 1. The number of ether oxygens (including phenoxy) is 3. The van der Waals surface area contributed by atoms with Crippen molar-refractivity contribution in [1.82, 2.24) is 14.6 Å². The van der Waals surface area contributed by atoms with E-state index < -0.39 is 44.1 Å². The summed E-state index contributed by atoms with van der Waals surface area (Å²) in [6.45, 7) is 10.1. The molecule has 1 saturated heterocycles. The molecule has 5 atom stereocenters. The van der Waals surface area contributed by atoms with Crippen LogP contribution in [0, 0.1) is 0 Å². The van der Waals surface area contributed by atoms with Gasteiger partial charge in [0, 0.05) is 18.4 Å². The molecule has 39 heavy (non-hydrogen) atoms. The highest BCUT2D eigenvalue weighted by Crippen LogP contribution is 2.44. The lowest BCUT2D eigenvalue weighted by Gasteiger charge is -2.30. The van der Waals surface area contributed by atoms with E-state index in [1.54, 1.807) is 31.2 Å². The molecule has 208 valence electrons. The van der Waals surface area contributed by atoms with E-state index in [-0.39, 0.29) is 17.8 Å². The first kappa shape index (κ1) is 28.4. The van der Waals surface area contributed by atoms with Gasteiger partial charge in [-0.2, -0.15) is 5.10 Å². The van der Waals surface area contributed by atoms with Crippen molar-refractivity contribution in [2.45, 2.75) is 70.9 Å². The number of nitrogens with two attached hydrogens (primary N) is 1. The predicted molar refractivity (Wildman–Crippen MR) is 140 cm³/mol. The van der Waals surface area contributed by atoms with Crippen molar-refractivity contribution in [2.24, 2.45) is 0 Å². The fourth-order valence-electron chi connectivity index (χ4n) is 4.57. The Morgan fingerprint density at radius 3 is 2.38 bits per heavy atom. The molecule has 0 spiro atoms. The normalized spacial score (nSPS) is 23.4. The number of carbonyl (C=O) groups excluding carboxylic acids is 2. The van der Waals surface area contributed by atoms with Gasteiger partial charge in [0.1, 0.15) is 30.2 Å². The van der Waals surface area contributed by atoms with Gasteiger partial charge in [0.2, 0.25) is 0 Å². The van der Waals surface area contributed by atoms with Crippen LogP contribution in [0.1, 0.15) is 52.8 Å². The van der Waals surface area contributed by atoms with Crippen LogP contribution < -0.4 is 10.3 Å². The summed E-state index contributed by atoms with van der Waals surface area (Å²) in [7, 11) is -2.61. The minimum atomic E-state index is -2.61. The Labute approximate surface area is 226 Å². The van der Waals surface area contributed by atoms with Gasteiger partial charge in [0.15, 0.2) is 23.8 Å². The number of hydrogen-bond acceptors (Lipinski definition) is 11. The maximum atomic E-state index is 12.7. The molecule has 1 aliphatic rings. The molecule has 0 aliphatic carbocycles. The molecule has 13 heteroatoms. The first-order valence-corrected chi connectivity index (χ1v) is 13.4. The van der Waals surface area contributed by atoms with Crippen LogP contribution in [-0.4, -0.2) is 51.5 Å². The van der Waals surface area contributed by atoms with Gasteiger partial charge in [-0.1, -0.05) is 32.9 Å². The van der Waals surface area contributed by atoms with Crippen LogP contribution >= 0.6 is 8.25 Å². The van der Waals surface area contributed by atoms with Crippen molar-refractivity contribution in [2.75, 3.05) is 12.3 Å². The maximum absolute atomic E-state index is 12.7. The Morgan fingerprint density at radius 1 is 1.10 bits per heavy atom. The molecule has 1 fully saturated rings. The maximum Gasteiger partial charge on any atom is 0.750 e. The molecule has 4 rings (SSSR count). The highest BCUT2D eigenvalue weighted by atomic mass is 31.1. The summed E-state index contributed by atoms with van der Waals surface area (Å²) < 4.78 is 42.6. The third-order valence-electron chi connectivity index (χ3n) is 6.43. The van der Waals surface area contributed by atoms with Gasteiger partial charge in [-0.15, -0.1) is 4.52 Å². The van der Waals surface area contributed by atoms with Crippen LogP contribution in [-0.2, 0) is 43.9 Å². The molecule has 2 aromatic heterocycles. The van der Waals surface area contributed by atoms with Gasteiger partial charge >= 0.3 is 20.2 Å². The standard InChI is InChI=1S/C26H32N4O8P/c1-15(31)35-22-20(13-34-39(33)38-18-9-7-17(8-10-18)25(3,4)5)37-26(6,23(22)36-16(2)32)21-12-11-19-24(27)28-14-29-30(19)21/h7-12,14,20,22-23H,13H2,1-6H3,(H2,27,28,29)/q+1/t20-,22-,23-,26+/m1/s1. The van der Waals surface area contributed by atoms with Crippen molar-refractivity contribution < 1.29 is 37.4 Å². The Balaban J connectivity index is 1.58. The second-order valence-electron chi connectivity index (χ2n) is 10.4. The van der Waals surface area contributed by atoms with Gasteiger partial charge in [0.05, 0.1) is 5.69 Å². The van der Waals surface area contributed by atoms with Crippen LogP contribution in [0.2, 0.25) is 0 Å². The number of anilines is 1. The topological polar surface area (TPSA) is 154 Å². The number of carbonyl (C=O) groups is 2. The summed E-state index contributed by atoms with van der Waals surface area (Å²) >= 11 is 0. The van der Waals surface area contributed by atoms with Crippen LogP contribution in [0.25, 0.3) is 5.52 Å². The van der Waals surface area contributed by atoms with Crippen molar-refractivity contribution in [3.05, 3.63) is 54.0 Å². The van der Waals surface area contributed by atoms with Crippen molar-refractivity contribution in [1.29, 1.82) is 0 Å². The average molecular weight is 560 g/mol. The zero-order valence-corrected chi connectivity index (χ0v) is 23.5. The van der Waals surface area contributed by atoms with E-state index in [0.29, 0.717) is 17.0 Å². The van der Waals surface area contributed by atoms with Crippen molar-refractivity contribution >= 4 is 31.5 Å². The van der Waals surface area contributed by atoms with E-state index in [0.717, 1.165) is 5.56 Å². The summed E-state index contributed by atoms with van der Waals surface area (Å²) in [6.07, 6.45) is -1.87. The number of fused-ring (bicyclic) bond motifs is 1. The third-order valence-corrected chi connectivity index (χ3v) is 7.15. The zero-order valence-electron chi connectivity index (χ0n) is 22.6. The number of esters is 2. The zero-order chi connectivity index (χ0) is 28.5. The molecule has 0 saturated carbocycles.